The molecule has 1 aliphatic carbocycles. The number of aliphatic carboxylic acids is 1. The summed E-state index contributed by atoms with van der Waals surface area (Å²) in [6.07, 6.45) is 10.2. The molecule has 1 amide bonds. The first-order valence-electron chi connectivity index (χ1n) is 8.58. The molecule has 0 bridgehead atoms. The fourth-order valence-corrected chi connectivity index (χ4v) is 4.01. The monoisotopic (exact) mass is 295 g/mol. The number of likely N-dealkylation sites (tertiary alicyclic amines) is 1. The number of rotatable bonds is 6. The molecule has 2 rings (SSSR count). The molecule has 1 atom stereocenters. The number of carboxylic acid groups (broad SMARTS) is 1. The summed E-state index contributed by atoms with van der Waals surface area (Å²) in [6.45, 7) is 3.05. The van der Waals surface area contributed by atoms with E-state index in [0.717, 1.165) is 12.8 Å². The lowest BCUT2D eigenvalue weighted by atomic mass is 9.83. The molecule has 0 aromatic heterocycles. The van der Waals surface area contributed by atoms with Gasteiger partial charge in [0.15, 0.2) is 0 Å². The Labute approximate surface area is 127 Å². The SMILES string of the molecule is CCCC1(C(=O)O)CCN(C(=O)CCC2CCCCC2)C1. The lowest BCUT2D eigenvalue weighted by molar-refractivity contribution is -0.149. The first kappa shape index (κ1) is 16.3. The largest absolute Gasteiger partial charge is 0.481 e. The maximum Gasteiger partial charge on any atom is 0.311 e. The fraction of sp³-hybridized carbons (Fsp3) is 0.882. The van der Waals surface area contributed by atoms with E-state index in [4.69, 9.17) is 0 Å². The predicted octanol–water partition coefficient (Wildman–Crippen LogP) is 3.45. The maximum atomic E-state index is 12.3. The second kappa shape index (κ2) is 7.28. The minimum absolute atomic E-state index is 0.166. The average Bonchev–Trinajstić information content (AvgIpc) is 2.92. The van der Waals surface area contributed by atoms with Crippen LogP contribution in [0.5, 0.6) is 0 Å². The Kier molecular flexibility index (Phi) is 5.65. The summed E-state index contributed by atoms with van der Waals surface area (Å²) in [7, 11) is 0. The highest BCUT2D eigenvalue weighted by Crippen LogP contribution is 2.36. The Morgan fingerprint density at radius 1 is 1.24 bits per heavy atom. The highest BCUT2D eigenvalue weighted by atomic mass is 16.4. The van der Waals surface area contributed by atoms with E-state index in [-0.39, 0.29) is 5.91 Å². The van der Waals surface area contributed by atoms with E-state index in [0.29, 0.717) is 38.3 Å². The van der Waals surface area contributed by atoms with Gasteiger partial charge in [-0.1, -0.05) is 45.4 Å². The molecule has 2 fully saturated rings. The molecule has 4 heteroatoms. The van der Waals surface area contributed by atoms with Gasteiger partial charge in [0.1, 0.15) is 0 Å². The fourth-order valence-electron chi connectivity index (χ4n) is 4.01. The molecule has 120 valence electrons. The van der Waals surface area contributed by atoms with Crippen molar-refractivity contribution >= 4 is 11.9 Å². The van der Waals surface area contributed by atoms with E-state index < -0.39 is 11.4 Å². The lowest BCUT2D eigenvalue weighted by Crippen LogP contribution is -2.37. The summed E-state index contributed by atoms with van der Waals surface area (Å²) in [4.78, 5) is 25.7. The number of amides is 1. The van der Waals surface area contributed by atoms with Gasteiger partial charge in [-0.15, -0.1) is 0 Å². The highest BCUT2D eigenvalue weighted by molar-refractivity contribution is 5.80. The molecule has 1 saturated carbocycles. The van der Waals surface area contributed by atoms with Gasteiger partial charge in [0.25, 0.3) is 0 Å². The molecule has 1 unspecified atom stereocenters. The molecular formula is C17H29NO3. The van der Waals surface area contributed by atoms with Crippen LogP contribution >= 0.6 is 0 Å². The number of nitrogens with zero attached hydrogens (tertiary/aromatic N) is 1. The summed E-state index contributed by atoms with van der Waals surface area (Å²) in [6, 6.07) is 0. The van der Waals surface area contributed by atoms with Crippen LogP contribution in [0.15, 0.2) is 0 Å². The molecule has 2 aliphatic rings. The van der Waals surface area contributed by atoms with Gasteiger partial charge in [-0.2, -0.15) is 0 Å². The van der Waals surface area contributed by atoms with Crippen molar-refractivity contribution in [3.63, 3.8) is 0 Å². The van der Waals surface area contributed by atoms with Crippen molar-refractivity contribution in [1.82, 2.24) is 4.90 Å². The van der Waals surface area contributed by atoms with Crippen LogP contribution in [0, 0.1) is 11.3 Å². The summed E-state index contributed by atoms with van der Waals surface area (Å²) in [5, 5.41) is 9.49. The maximum absolute atomic E-state index is 12.3. The quantitative estimate of drug-likeness (QED) is 0.816. The van der Waals surface area contributed by atoms with Gasteiger partial charge < -0.3 is 10.0 Å². The van der Waals surface area contributed by atoms with E-state index in [2.05, 4.69) is 0 Å². The Morgan fingerprint density at radius 3 is 2.57 bits per heavy atom. The molecule has 0 aromatic rings. The van der Waals surface area contributed by atoms with Crippen LogP contribution in [0.25, 0.3) is 0 Å². The topological polar surface area (TPSA) is 57.6 Å². The molecule has 4 nitrogen and oxygen atoms in total. The standard InChI is InChI=1S/C17H29NO3/c1-2-10-17(16(20)21)11-12-18(13-17)15(19)9-8-14-6-4-3-5-7-14/h14H,2-13H2,1H3,(H,20,21). The van der Waals surface area contributed by atoms with Gasteiger partial charge in [0, 0.05) is 19.5 Å². The van der Waals surface area contributed by atoms with E-state index in [1.54, 1.807) is 4.90 Å². The Morgan fingerprint density at radius 2 is 1.95 bits per heavy atom. The van der Waals surface area contributed by atoms with Gasteiger partial charge in [-0.3, -0.25) is 9.59 Å². The minimum atomic E-state index is -0.730. The Bertz CT molecular complexity index is 376. The molecular weight excluding hydrogens is 266 g/mol. The first-order valence-corrected chi connectivity index (χ1v) is 8.58. The van der Waals surface area contributed by atoms with Crippen molar-refractivity contribution < 1.29 is 14.7 Å². The first-order chi connectivity index (χ1) is 10.1. The molecule has 1 aliphatic heterocycles. The van der Waals surface area contributed by atoms with E-state index >= 15 is 0 Å². The zero-order chi connectivity index (χ0) is 15.3. The van der Waals surface area contributed by atoms with E-state index in [9.17, 15) is 14.7 Å². The van der Waals surface area contributed by atoms with Gasteiger partial charge >= 0.3 is 5.97 Å². The smallest absolute Gasteiger partial charge is 0.311 e. The Hall–Kier alpha value is -1.06. The van der Waals surface area contributed by atoms with Crippen LogP contribution in [0.2, 0.25) is 0 Å². The zero-order valence-electron chi connectivity index (χ0n) is 13.3. The van der Waals surface area contributed by atoms with Gasteiger partial charge in [-0.05, 0) is 25.2 Å². The summed E-state index contributed by atoms with van der Waals surface area (Å²) in [5.74, 6) is 0.150. The van der Waals surface area contributed by atoms with Crippen LogP contribution in [-0.4, -0.2) is 35.0 Å². The highest BCUT2D eigenvalue weighted by Gasteiger charge is 2.45. The van der Waals surface area contributed by atoms with Crippen molar-refractivity contribution in [2.75, 3.05) is 13.1 Å². The van der Waals surface area contributed by atoms with Crippen LogP contribution in [0.1, 0.15) is 71.1 Å². The number of hydrogen-bond acceptors (Lipinski definition) is 2. The van der Waals surface area contributed by atoms with Crippen molar-refractivity contribution in [3.8, 4) is 0 Å². The molecule has 1 N–H and O–H groups in total. The van der Waals surface area contributed by atoms with Crippen LogP contribution < -0.4 is 0 Å². The molecule has 21 heavy (non-hydrogen) atoms. The van der Waals surface area contributed by atoms with Gasteiger partial charge in [0.2, 0.25) is 5.91 Å². The molecule has 0 radical (unpaired) electrons. The second-order valence-corrected chi connectivity index (χ2v) is 6.94. The lowest BCUT2D eigenvalue weighted by Gasteiger charge is -2.25. The average molecular weight is 295 g/mol. The zero-order valence-corrected chi connectivity index (χ0v) is 13.3. The number of carboxylic acids is 1. The summed E-state index contributed by atoms with van der Waals surface area (Å²) >= 11 is 0. The van der Waals surface area contributed by atoms with Crippen molar-refractivity contribution in [2.24, 2.45) is 11.3 Å². The molecule has 0 spiro atoms. The summed E-state index contributed by atoms with van der Waals surface area (Å²) in [5.41, 5.74) is -0.685. The number of carbonyl (C=O) groups excluding carboxylic acids is 1. The van der Waals surface area contributed by atoms with Crippen LogP contribution in [0.4, 0.5) is 0 Å². The predicted molar refractivity (Wildman–Crippen MR) is 82.0 cm³/mol. The van der Waals surface area contributed by atoms with E-state index in [1.165, 1.54) is 32.1 Å². The van der Waals surface area contributed by atoms with Crippen LogP contribution in [-0.2, 0) is 9.59 Å². The van der Waals surface area contributed by atoms with Crippen molar-refractivity contribution in [3.05, 3.63) is 0 Å². The van der Waals surface area contributed by atoms with Gasteiger partial charge in [-0.25, -0.2) is 0 Å². The second-order valence-electron chi connectivity index (χ2n) is 6.94. The number of hydrogen-bond donors (Lipinski definition) is 1. The third-order valence-corrected chi connectivity index (χ3v) is 5.38. The van der Waals surface area contributed by atoms with Gasteiger partial charge in [0.05, 0.1) is 5.41 Å². The normalized spacial score (nSPS) is 27.0. The van der Waals surface area contributed by atoms with Crippen molar-refractivity contribution in [2.45, 2.75) is 71.1 Å². The van der Waals surface area contributed by atoms with E-state index in [1.807, 2.05) is 6.92 Å². The van der Waals surface area contributed by atoms with Crippen LogP contribution in [0.3, 0.4) is 0 Å². The molecule has 0 aromatic carbocycles. The third kappa shape index (κ3) is 3.98. The molecule has 1 heterocycles. The molecule has 1 saturated heterocycles. The third-order valence-electron chi connectivity index (χ3n) is 5.38. The summed E-state index contributed by atoms with van der Waals surface area (Å²) < 4.78 is 0. The number of carbonyl (C=O) groups is 2. The van der Waals surface area contributed by atoms with Crippen molar-refractivity contribution in [1.29, 1.82) is 0 Å². The Balaban J connectivity index is 1.82. The minimum Gasteiger partial charge on any atom is -0.481 e.